The molecule has 0 bridgehead atoms. The Morgan fingerprint density at radius 3 is 2.28 bits per heavy atom. The van der Waals surface area contributed by atoms with Gasteiger partial charge in [0.1, 0.15) is 0 Å². The number of benzene rings is 2. The van der Waals surface area contributed by atoms with Gasteiger partial charge in [0.25, 0.3) is 5.91 Å². The van der Waals surface area contributed by atoms with Crippen LogP contribution >= 0.6 is 15.9 Å². The molecule has 3 saturated heterocycles. The third-order valence-electron chi connectivity index (χ3n) is 10.6. The first kappa shape index (κ1) is 36.2. The van der Waals surface area contributed by atoms with Crippen LogP contribution in [0.1, 0.15) is 42.4 Å². The Hall–Kier alpha value is -3.56. The normalized spacial score (nSPS) is 21.0. The summed E-state index contributed by atoms with van der Waals surface area (Å²) < 4.78 is 47.4. The molecule has 4 heterocycles. The number of rotatable bonds is 6. The van der Waals surface area contributed by atoms with Gasteiger partial charge in [0, 0.05) is 74.5 Å². The molecule has 50 heavy (non-hydrogen) atoms. The van der Waals surface area contributed by atoms with Gasteiger partial charge in [-0.1, -0.05) is 18.2 Å². The molecule has 15 heteroatoms. The number of piperazine rings is 1. The third-order valence-corrected chi connectivity index (χ3v) is 11.2. The van der Waals surface area contributed by atoms with Crippen molar-refractivity contribution in [3.8, 4) is 0 Å². The smallest absolute Gasteiger partial charge is 0.418 e. The highest BCUT2D eigenvalue weighted by Gasteiger charge is 2.38. The number of nitrogen functional groups attached to an aromatic ring is 1. The number of hydrogen-bond donors (Lipinski definition) is 2. The summed E-state index contributed by atoms with van der Waals surface area (Å²) in [4.78, 5) is 50.3. The number of piperidine rings is 2. The van der Waals surface area contributed by atoms with Crippen LogP contribution in [0.25, 0.3) is 0 Å². The predicted molar refractivity (Wildman–Crippen MR) is 187 cm³/mol. The number of para-hydroxylation sites is 1. The van der Waals surface area contributed by atoms with Gasteiger partial charge >= 0.3 is 18.3 Å². The lowest BCUT2D eigenvalue weighted by atomic mass is 10.0. The van der Waals surface area contributed by atoms with E-state index >= 15 is 0 Å². The van der Waals surface area contributed by atoms with Crippen molar-refractivity contribution < 1.29 is 32.3 Å². The molecule has 3 fully saturated rings. The van der Waals surface area contributed by atoms with Crippen LogP contribution in [0.4, 0.5) is 34.1 Å². The maximum Gasteiger partial charge on any atom is 0.418 e. The lowest BCUT2D eigenvalue weighted by Crippen LogP contribution is -2.56. The summed E-state index contributed by atoms with van der Waals surface area (Å²) in [5, 5.41) is 2.99. The number of alkyl halides is 3. The van der Waals surface area contributed by atoms with Gasteiger partial charge in [-0.3, -0.25) is 9.69 Å². The zero-order chi connectivity index (χ0) is 35.6. The molecule has 3 N–H and O–H groups in total. The Labute approximate surface area is 299 Å². The summed E-state index contributed by atoms with van der Waals surface area (Å²) in [6.45, 7) is 5.44. The summed E-state index contributed by atoms with van der Waals surface area (Å²) in [7, 11) is 2.11. The van der Waals surface area contributed by atoms with E-state index in [2.05, 4.69) is 38.1 Å². The molecule has 0 radical (unpaired) electrons. The molecule has 11 nitrogen and oxygen atoms in total. The second-order valence-electron chi connectivity index (χ2n) is 13.8. The van der Waals surface area contributed by atoms with Crippen LogP contribution in [0.2, 0.25) is 0 Å². The molecular weight excluding hydrogens is 719 g/mol. The van der Waals surface area contributed by atoms with Gasteiger partial charge in [-0.2, -0.15) is 13.2 Å². The van der Waals surface area contributed by atoms with E-state index in [0.29, 0.717) is 71.1 Å². The molecule has 4 aliphatic rings. The van der Waals surface area contributed by atoms with E-state index in [9.17, 15) is 27.6 Å². The van der Waals surface area contributed by atoms with E-state index in [0.717, 1.165) is 43.2 Å². The average molecular weight is 765 g/mol. The third kappa shape index (κ3) is 8.31. The zero-order valence-electron chi connectivity index (χ0n) is 28.3. The predicted octanol–water partition coefficient (Wildman–Crippen LogP) is 4.89. The van der Waals surface area contributed by atoms with Gasteiger partial charge in [-0.05, 0) is 97.5 Å². The minimum Gasteiger partial charge on any atom is -0.436 e. The molecule has 0 spiro atoms. The lowest BCUT2D eigenvalue weighted by molar-refractivity contribution is -0.143. The van der Waals surface area contributed by atoms with Crippen molar-refractivity contribution in [2.24, 2.45) is 0 Å². The first-order valence-corrected chi connectivity index (χ1v) is 18.1. The maximum absolute atomic E-state index is 14.0. The summed E-state index contributed by atoms with van der Waals surface area (Å²) in [6, 6.07) is 10.3. The van der Waals surface area contributed by atoms with Crippen molar-refractivity contribution in [1.29, 1.82) is 0 Å². The van der Waals surface area contributed by atoms with Crippen molar-refractivity contribution in [2.45, 2.75) is 62.9 Å². The summed E-state index contributed by atoms with van der Waals surface area (Å²) in [5.41, 5.74) is 6.31. The zero-order valence-corrected chi connectivity index (χ0v) is 29.8. The van der Waals surface area contributed by atoms with Crippen molar-refractivity contribution >= 4 is 45.3 Å². The Kier molecular flexibility index (Phi) is 11.1. The van der Waals surface area contributed by atoms with Gasteiger partial charge in [0.15, 0.2) is 6.10 Å². The van der Waals surface area contributed by atoms with Crippen LogP contribution < -0.4 is 11.1 Å². The van der Waals surface area contributed by atoms with Crippen molar-refractivity contribution in [1.82, 2.24) is 24.5 Å². The highest BCUT2D eigenvalue weighted by Crippen LogP contribution is 2.38. The van der Waals surface area contributed by atoms with E-state index in [4.69, 9.17) is 10.5 Å². The van der Waals surface area contributed by atoms with E-state index in [1.54, 1.807) is 4.90 Å². The average Bonchev–Trinajstić information content (AvgIpc) is 3.27. The highest BCUT2D eigenvalue weighted by atomic mass is 79.9. The number of likely N-dealkylation sites (tertiary alicyclic amines) is 2. The van der Waals surface area contributed by atoms with E-state index in [-0.39, 0.29) is 28.5 Å². The number of hydrogen-bond acceptors (Lipinski definition) is 7. The van der Waals surface area contributed by atoms with Crippen molar-refractivity contribution in [2.75, 3.05) is 77.0 Å². The van der Waals surface area contributed by atoms with Gasteiger partial charge in [-0.25, -0.2) is 9.59 Å². The first-order valence-electron chi connectivity index (χ1n) is 17.3. The van der Waals surface area contributed by atoms with Gasteiger partial charge in [-0.15, -0.1) is 0 Å². The number of carbonyl (C=O) groups excluding carboxylic acids is 3. The molecule has 272 valence electrons. The Balaban J connectivity index is 1.12. The number of urea groups is 1. The SMILES string of the molecule is CN1CCC(N2CCN(C(=O)C(Cc3cc(Br)c(N)c(C(F)(F)F)c3)OC(=O)N3CCC(N4CCc5ccccc5NC4=O)CC3)CC2)CC1. The highest BCUT2D eigenvalue weighted by molar-refractivity contribution is 9.10. The lowest BCUT2D eigenvalue weighted by Gasteiger charge is -2.42. The standard InChI is InChI=1S/C35H45BrF3N7O4/c1-42-11-7-25(8-12-42)43-16-18-44(19-17-43)32(47)30(22-23-20-27(35(37,38)39)31(40)28(36)21-23)50-34(49)45-13-9-26(10-14-45)46-15-6-24-4-2-3-5-29(24)41-33(46)48/h2-5,20-21,25-26,30H,6-19,22,40H2,1H3,(H,41,48). The molecule has 1 unspecified atom stereocenters. The van der Waals surface area contributed by atoms with Crippen LogP contribution in [-0.4, -0.2) is 127 Å². The van der Waals surface area contributed by atoms with Crippen LogP contribution in [0, 0.1) is 0 Å². The number of nitrogens with two attached hydrogens (primary N) is 1. The second-order valence-corrected chi connectivity index (χ2v) is 14.6. The van der Waals surface area contributed by atoms with Gasteiger partial charge in [0.2, 0.25) is 0 Å². The molecule has 6 rings (SSSR count). The fourth-order valence-corrected chi connectivity index (χ4v) is 8.09. The second kappa shape index (κ2) is 15.4. The number of nitrogens with one attached hydrogen (secondary N) is 1. The number of nitrogens with zero attached hydrogens (tertiary/aromatic N) is 5. The monoisotopic (exact) mass is 763 g/mol. The van der Waals surface area contributed by atoms with Crippen LogP contribution in [0.15, 0.2) is 40.9 Å². The van der Waals surface area contributed by atoms with Crippen LogP contribution in [0.5, 0.6) is 0 Å². The van der Waals surface area contributed by atoms with E-state index in [1.165, 1.54) is 11.0 Å². The summed E-state index contributed by atoms with van der Waals surface area (Å²) >= 11 is 3.13. The number of carbonyl (C=O) groups is 3. The minimum atomic E-state index is -4.71. The molecule has 2 aromatic carbocycles. The molecule has 1 atom stereocenters. The Morgan fingerprint density at radius 2 is 1.60 bits per heavy atom. The van der Waals surface area contributed by atoms with E-state index < -0.39 is 35.5 Å². The largest absolute Gasteiger partial charge is 0.436 e. The number of anilines is 2. The van der Waals surface area contributed by atoms with Crippen molar-refractivity contribution in [3.05, 3.63) is 57.6 Å². The molecule has 4 amide bonds. The number of halogens is 4. The van der Waals surface area contributed by atoms with Gasteiger partial charge < -0.3 is 35.4 Å². The Morgan fingerprint density at radius 1 is 0.940 bits per heavy atom. The number of amides is 4. The molecule has 4 aliphatic heterocycles. The van der Waals surface area contributed by atoms with Crippen molar-refractivity contribution in [3.63, 3.8) is 0 Å². The number of ether oxygens (including phenoxy) is 1. The number of fused-ring (bicyclic) bond motifs is 1. The maximum atomic E-state index is 14.0. The Bertz CT molecular complexity index is 1560. The molecule has 0 aromatic heterocycles. The summed E-state index contributed by atoms with van der Waals surface area (Å²) in [6.07, 6.45) is -3.10. The quantitative estimate of drug-likeness (QED) is 0.403. The van der Waals surface area contributed by atoms with E-state index in [1.807, 2.05) is 29.2 Å². The fraction of sp³-hybridized carbons (Fsp3) is 0.571. The topological polar surface area (TPSA) is 115 Å². The van der Waals surface area contributed by atoms with Crippen LogP contribution in [-0.2, 0) is 28.5 Å². The first-order chi connectivity index (χ1) is 23.9. The molecule has 0 saturated carbocycles. The minimum absolute atomic E-state index is 0.0503. The van der Waals surface area contributed by atoms with Crippen LogP contribution in [0.3, 0.4) is 0 Å². The molecular formula is C35H45BrF3N7O4. The molecule has 0 aliphatic carbocycles. The fourth-order valence-electron chi connectivity index (χ4n) is 7.59. The van der Waals surface area contributed by atoms with Gasteiger partial charge in [0.05, 0.1) is 11.3 Å². The summed E-state index contributed by atoms with van der Waals surface area (Å²) in [5.74, 6) is -0.432. The molecule has 2 aromatic rings.